The molecule has 0 saturated carbocycles. The molecule has 1 heterocycles. The number of aromatic hydroxyl groups is 1. The summed E-state index contributed by atoms with van der Waals surface area (Å²) in [6.45, 7) is 9.70. The number of phenolic OH excluding ortho intramolecular Hbond substituents is 1. The van der Waals surface area contributed by atoms with Gasteiger partial charge in [0.15, 0.2) is 0 Å². The molecule has 100 valence electrons. The number of aryl methyl sites for hydroxylation is 1. The molecule has 1 atom stereocenters. The topological polar surface area (TPSA) is 32.3 Å². The molecule has 1 aliphatic rings. The van der Waals surface area contributed by atoms with E-state index in [0.717, 1.165) is 18.5 Å². The summed E-state index contributed by atoms with van der Waals surface area (Å²) < 4.78 is 0. The van der Waals surface area contributed by atoms with Gasteiger partial charge in [-0.15, -0.1) is 0 Å². The van der Waals surface area contributed by atoms with Gasteiger partial charge in [0.05, 0.1) is 0 Å². The fourth-order valence-corrected chi connectivity index (χ4v) is 2.76. The molecule has 18 heavy (non-hydrogen) atoms. The van der Waals surface area contributed by atoms with Gasteiger partial charge in [0.1, 0.15) is 5.75 Å². The molecule has 2 nitrogen and oxygen atoms in total. The second-order valence-electron chi connectivity index (χ2n) is 6.54. The smallest absolute Gasteiger partial charge is 0.119 e. The maximum Gasteiger partial charge on any atom is 0.119 e. The van der Waals surface area contributed by atoms with Gasteiger partial charge in [0, 0.05) is 6.04 Å². The summed E-state index contributed by atoms with van der Waals surface area (Å²) in [6.07, 6.45) is 3.56. The standard InChI is InChI=1S/C16H25NO/c1-11-8-14(16(2,3)4)15(18)10-12(11)9-13-6-5-7-17-13/h8,10,13,17-18H,5-7,9H2,1-4H3. The second-order valence-corrected chi connectivity index (χ2v) is 6.54. The summed E-state index contributed by atoms with van der Waals surface area (Å²) in [5.41, 5.74) is 3.62. The number of benzene rings is 1. The first-order valence-corrected chi connectivity index (χ1v) is 6.94. The highest BCUT2D eigenvalue weighted by Gasteiger charge is 2.21. The maximum atomic E-state index is 10.2. The molecule has 0 spiro atoms. The van der Waals surface area contributed by atoms with Crippen molar-refractivity contribution in [1.29, 1.82) is 0 Å². The third kappa shape index (κ3) is 2.86. The summed E-state index contributed by atoms with van der Waals surface area (Å²) in [5, 5.41) is 13.7. The Hall–Kier alpha value is -1.02. The van der Waals surface area contributed by atoms with E-state index < -0.39 is 0 Å². The molecule has 0 bridgehead atoms. The number of hydrogen-bond acceptors (Lipinski definition) is 2. The predicted molar refractivity (Wildman–Crippen MR) is 76.3 cm³/mol. The lowest BCUT2D eigenvalue weighted by atomic mass is 9.84. The molecule has 2 heteroatoms. The molecule has 1 saturated heterocycles. The van der Waals surface area contributed by atoms with E-state index in [2.05, 4.69) is 39.1 Å². The average molecular weight is 247 g/mol. The molecule has 1 unspecified atom stereocenters. The second kappa shape index (κ2) is 4.93. The van der Waals surface area contributed by atoms with Gasteiger partial charge >= 0.3 is 0 Å². The molecule has 1 aromatic carbocycles. The van der Waals surface area contributed by atoms with Crippen molar-refractivity contribution < 1.29 is 5.11 Å². The van der Waals surface area contributed by atoms with Crippen molar-refractivity contribution in [3.05, 3.63) is 28.8 Å². The van der Waals surface area contributed by atoms with E-state index in [4.69, 9.17) is 0 Å². The van der Waals surface area contributed by atoms with Crippen LogP contribution in [0.2, 0.25) is 0 Å². The van der Waals surface area contributed by atoms with Gasteiger partial charge in [-0.2, -0.15) is 0 Å². The minimum atomic E-state index is -0.00101. The average Bonchev–Trinajstić information content (AvgIpc) is 2.74. The molecule has 1 aromatic rings. The third-order valence-electron chi connectivity index (χ3n) is 3.89. The Morgan fingerprint density at radius 1 is 1.33 bits per heavy atom. The van der Waals surface area contributed by atoms with Gasteiger partial charge < -0.3 is 10.4 Å². The van der Waals surface area contributed by atoms with Crippen LogP contribution in [0.15, 0.2) is 12.1 Å². The van der Waals surface area contributed by atoms with E-state index in [9.17, 15) is 5.11 Å². The minimum Gasteiger partial charge on any atom is -0.508 e. The van der Waals surface area contributed by atoms with Crippen LogP contribution in [0.5, 0.6) is 5.75 Å². The largest absolute Gasteiger partial charge is 0.508 e. The van der Waals surface area contributed by atoms with Crippen LogP contribution >= 0.6 is 0 Å². The first kappa shape index (κ1) is 13.4. The molecule has 0 aromatic heterocycles. The lowest BCUT2D eigenvalue weighted by Gasteiger charge is -2.23. The van der Waals surface area contributed by atoms with Crippen LogP contribution in [0, 0.1) is 6.92 Å². The van der Waals surface area contributed by atoms with Gasteiger partial charge in [-0.05, 0) is 60.9 Å². The van der Waals surface area contributed by atoms with Crippen molar-refractivity contribution in [2.45, 2.75) is 58.4 Å². The van der Waals surface area contributed by atoms with Crippen LogP contribution in [0.1, 0.15) is 50.3 Å². The number of phenols is 1. The van der Waals surface area contributed by atoms with Crippen LogP contribution < -0.4 is 5.32 Å². The molecule has 0 amide bonds. The molecule has 0 aliphatic carbocycles. The lowest BCUT2D eigenvalue weighted by molar-refractivity contribution is 0.445. The van der Waals surface area contributed by atoms with Crippen molar-refractivity contribution in [3.8, 4) is 5.75 Å². The Balaban J connectivity index is 2.25. The van der Waals surface area contributed by atoms with Crippen LogP contribution in [0.4, 0.5) is 0 Å². The molecule has 1 aliphatic heterocycles. The first-order valence-electron chi connectivity index (χ1n) is 6.94. The highest BCUT2D eigenvalue weighted by molar-refractivity contribution is 5.45. The van der Waals surface area contributed by atoms with E-state index in [1.807, 2.05) is 6.07 Å². The first-order chi connectivity index (χ1) is 8.38. The monoisotopic (exact) mass is 247 g/mol. The Kier molecular flexibility index (Phi) is 3.67. The Bertz CT molecular complexity index is 425. The lowest BCUT2D eigenvalue weighted by Crippen LogP contribution is -2.24. The third-order valence-corrected chi connectivity index (χ3v) is 3.89. The fraction of sp³-hybridized carbons (Fsp3) is 0.625. The van der Waals surface area contributed by atoms with Crippen molar-refractivity contribution in [2.24, 2.45) is 0 Å². The molecule has 2 N–H and O–H groups in total. The quantitative estimate of drug-likeness (QED) is 0.840. The highest BCUT2D eigenvalue weighted by atomic mass is 16.3. The van der Waals surface area contributed by atoms with E-state index in [-0.39, 0.29) is 5.41 Å². The van der Waals surface area contributed by atoms with E-state index in [1.165, 1.54) is 24.0 Å². The van der Waals surface area contributed by atoms with Gasteiger partial charge in [0.2, 0.25) is 0 Å². The normalized spacial score (nSPS) is 20.3. The van der Waals surface area contributed by atoms with E-state index >= 15 is 0 Å². The summed E-state index contributed by atoms with van der Waals surface area (Å²) in [4.78, 5) is 0. The summed E-state index contributed by atoms with van der Waals surface area (Å²) in [5.74, 6) is 0.445. The minimum absolute atomic E-state index is 0.00101. The van der Waals surface area contributed by atoms with Crippen LogP contribution in [-0.2, 0) is 11.8 Å². The number of rotatable bonds is 2. The summed E-state index contributed by atoms with van der Waals surface area (Å²) >= 11 is 0. The van der Waals surface area contributed by atoms with Crippen LogP contribution in [0.3, 0.4) is 0 Å². The maximum absolute atomic E-state index is 10.2. The zero-order chi connectivity index (χ0) is 13.3. The molecule has 0 radical (unpaired) electrons. The van der Waals surface area contributed by atoms with Gasteiger partial charge in [-0.3, -0.25) is 0 Å². The summed E-state index contributed by atoms with van der Waals surface area (Å²) in [6, 6.07) is 4.71. The molecule has 1 fully saturated rings. The fourth-order valence-electron chi connectivity index (χ4n) is 2.76. The molecule has 2 rings (SSSR count). The van der Waals surface area contributed by atoms with Crippen LogP contribution in [-0.4, -0.2) is 17.7 Å². The van der Waals surface area contributed by atoms with Crippen molar-refractivity contribution in [1.82, 2.24) is 5.32 Å². The number of nitrogens with one attached hydrogen (secondary N) is 1. The van der Waals surface area contributed by atoms with Gasteiger partial charge in [-0.25, -0.2) is 0 Å². The zero-order valence-corrected chi connectivity index (χ0v) is 12.0. The van der Waals surface area contributed by atoms with E-state index in [1.54, 1.807) is 0 Å². The predicted octanol–water partition coefficient (Wildman–Crippen LogP) is 3.29. The SMILES string of the molecule is Cc1cc(C(C)(C)C)c(O)cc1CC1CCCN1. The van der Waals surface area contributed by atoms with Crippen molar-refractivity contribution in [2.75, 3.05) is 6.54 Å². The van der Waals surface area contributed by atoms with Crippen LogP contribution in [0.25, 0.3) is 0 Å². The zero-order valence-electron chi connectivity index (χ0n) is 12.0. The molecular weight excluding hydrogens is 222 g/mol. The van der Waals surface area contributed by atoms with Crippen molar-refractivity contribution >= 4 is 0 Å². The Morgan fingerprint density at radius 3 is 2.61 bits per heavy atom. The van der Waals surface area contributed by atoms with E-state index in [0.29, 0.717) is 11.8 Å². The van der Waals surface area contributed by atoms with Gasteiger partial charge in [-0.1, -0.05) is 26.8 Å². The Labute approximate surface area is 110 Å². The van der Waals surface area contributed by atoms with Gasteiger partial charge in [0.25, 0.3) is 0 Å². The molecular formula is C16H25NO. The Morgan fingerprint density at radius 2 is 2.06 bits per heavy atom. The number of hydrogen-bond donors (Lipinski definition) is 2. The van der Waals surface area contributed by atoms with Crippen molar-refractivity contribution in [3.63, 3.8) is 0 Å². The highest BCUT2D eigenvalue weighted by Crippen LogP contribution is 2.33. The summed E-state index contributed by atoms with van der Waals surface area (Å²) in [7, 11) is 0.